The number of aromatic nitrogens is 3. The molecule has 7 nitrogen and oxygen atoms in total. The lowest BCUT2D eigenvalue weighted by Gasteiger charge is -2.35. The van der Waals surface area contributed by atoms with Crippen LogP contribution >= 0.6 is 22.9 Å². The third kappa shape index (κ3) is 7.27. The summed E-state index contributed by atoms with van der Waals surface area (Å²) in [7, 11) is 0. The maximum Gasteiger partial charge on any atom is 0.407 e. The summed E-state index contributed by atoms with van der Waals surface area (Å²) in [6.45, 7) is 10.4. The Morgan fingerprint density at radius 1 is 1.24 bits per heavy atom. The Bertz CT molecular complexity index is 935. The summed E-state index contributed by atoms with van der Waals surface area (Å²) in [6, 6.07) is 2.10. The second-order valence-electron chi connectivity index (χ2n) is 10.1. The molecule has 182 valence electrons. The summed E-state index contributed by atoms with van der Waals surface area (Å²) >= 11 is 7.80. The van der Waals surface area contributed by atoms with Gasteiger partial charge in [0.25, 0.3) is 0 Å². The van der Waals surface area contributed by atoms with Gasteiger partial charge in [0.2, 0.25) is 0 Å². The van der Waals surface area contributed by atoms with Crippen LogP contribution in [0, 0.1) is 0 Å². The topological polar surface area (TPSA) is 89.0 Å². The van der Waals surface area contributed by atoms with Gasteiger partial charge in [-0.15, -0.1) is 10.2 Å². The Balaban J connectivity index is 1.74. The zero-order chi connectivity index (χ0) is 24.1. The van der Waals surface area contributed by atoms with Crippen molar-refractivity contribution in [2.45, 2.75) is 96.6 Å². The molecule has 1 fully saturated rings. The van der Waals surface area contributed by atoms with Gasteiger partial charge < -0.3 is 15.4 Å². The second-order valence-corrected chi connectivity index (χ2v) is 11.5. The van der Waals surface area contributed by atoms with Crippen molar-refractivity contribution in [2.24, 2.45) is 0 Å². The lowest BCUT2D eigenvalue weighted by atomic mass is 9.71. The number of halogens is 1. The number of hydrogen-bond donors (Lipinski definition) is 2. The predicted molar refractivity (Wildman–Crippen MR) is 135 cm³/mol. The molecule has 0 saturated heterocycles. The average Bonchev–Trinajstić information content (AvgIpc) is 3.21. The largest absolute Gasteiger partial charge is 0.444 e. The van der Waals surface area contributed by atoms with E-state index >= 15 is 0 Å². The minimum absolute atomic E-state index is 0.00920. The first-order valence-corrected chi connectivity index (χ1v) is 13.0. The SMILES string of the molecule is CC(C)Nc1cc(Cl)ncc1-c1nnc(C2(CCCNC(=O)OC(C)(C)C)CCCCC2)s1. The molecule has 2 aromatic rings. The fourth-order valence-electron chi connectivity index (χ4n) is 4.31. The van der Waals surface area contributed by atoms with Gasteiger partial charge in [-0.25, -0.2) is 9.78 Å². The van der Waals surface area contributed by atoms with Crippen LogP contribution in [-0.4, -0.2) is 39.5 Å². The van der Waals surface area contributed by atoms with E-state index in [2.05, 4.69) is 39.7 Å². The lowest BCUT2D eigenvalue weighted by molar-refractivity contribution is 0.0525. The number of pyridine rings is 1. The molecule has 0 spiro atoms. The van der Waals surface area contributed by atoms with Crippen molar-refractivity contribution in [1.82, 2.24) is 20.5 Å². The normalized spacial score (nSPS) is 16.0. The highest BCUT2D eigenvalue weighted by Gasteiger charge is 2.37. The van der Waals surface area contributed by atoms with Crippen molar-refractivity contribution in [2.75, 3.05) is 11.9 Å². The molecule has 0 aliphatic heterocycles. The number of nitrogens with one attached hydrogen (secondary N) is 2. The second kappa shape index (κ2) is 11.0. The molecule has 9 heteroatoms. The summed E-state index contributed by atoms with van der Waals surface area (Å²) in [5.41, 5.74) is 1.37. The zero-order valence-corrected chi connectivity index (χ0v) is 21.9. The third-order valence-electron chi connectivity index (χ3n) is 5.73. The maximum absolute atomic E-state index is 12.0. The lowest BCUT2D eigenvalue weighted by Crippen LogP contribution is -2.34. The molecule has 1 aliphatic carbocycles. The summed E-state index contributed by atoms with van der Waals surface area (Å²) in [5, 5.41) is 17.9. The number of ether oxygens (including phenoxy) is 1. The average molecular weight is 494 g/mol. The number of amides is 1. The molecule has 1 amide bonds. The Morgan fingerprint density at radius 2 is 1.97 bits per heavy atom. The number of alkyl carbamates (subject to hydrolysis) is 1. The highest BCUT2D eigenvalue weighted by atomic mass is 35.5. The van der Waals surface area contributed by atoms with Crippen LogP contribution in [0.15, 0.2) is 12.3 Å². The molecule has 0 unspecified atom stereocenters. The van der Waals surface area contributed by atoms with E-state index in [0.29, 0.717) is 11.7 Å². The van der Waals surface area contributed by atoms with E-state index in [0.717, 1.165) is 46.9 Å². The van der Waals surface area contributed by atoms with Gasteiger partial charge in [0.05, 0.1) is 5.56 Å². The Labute approximate surface area is 206 Å². The van der Waals surface area contributed by atoms with Crippen molar-refractivity contribution in [1.29, 1.82) is 0 Å². The smallest absolute Gasteiger partial charge is 0.407 e. The molecule has 0 atom stereocenters. The van der Waals surface area contributed by atoms with Crippen LogP contribution in [0.2, 0.25) is 5.15 Å². The Morgan fingerprint density at radius 3 is 2.64 bits per heavy atom. The third-order valence-corrected chi connectivity index (χ3v) is 7.14. The molecule has 33 heavy (non-hydrogen) atoms. The van der Waals surface area contributed by atoms with Crippen LogP contribution in [0.4, 0.5) is 10.5 Å². The first kappa shape index (κ1) is 25.7. The maximum atomic E-state index is 12.0. The first-order chi connectivity index (χ1) is 15.6. The molecule has 1 aliphatic rings. The van der Waals surface area contributed by atoms with E-state index in [1.54, 1.807) is 17.5 Å². The van der Waals surface area contributed by atoms with Crippen molar-refractivity contribution in [3.8, 4) is 10.6 Å². The van der Waals surface area contributed by atoms with Crippen LogP contribution in [0.25, 0.3) is 10.6 Å². The van der Waals surface area contributed by atoms with Crippen molar-refractivity contribution >= 4 is 34.7 Å². The van der Waals surface area contributed by atoms with Gasteiger partial charge in [-0.3, -0.25) is 0 Å². The molecule has 2 heterocycles. The number of hydrogen-bond acceptors (Lipinski definition) is 7. The van der Waals surface area contributed by atoms with Crippen LogP contribution in [0.5, 0.6) is 0 Å². The van der Waals surface area contributed by atoms with Crippen molar-refractivity contribution in [3.05, 3.63) is 22.4 Å². The molecule has 3 rings (SSSR count). The first-order valence-electron chi connectivity index (χ1n) is 11.8. The highest BCUT2D eigenvalue weighted by molar-refractivity contribution is 7.14. The van der Waals surface area contributed by atoms with Crippen LogP contribution in [0.1, 0.15) is 84.6 Å². The Kier molecular flexibility index (Phi) is 8.56. The molecule has 2 N–H and O–H groups in total. The summed E-state index contributed by atoms with van der Waals surface area (Å²) in [4.78, 5) is 16.3. The molecular formula is C24H36ClN5O2S. The van der Waals surface area contributed by atoms with E-state index in [1.807, 2.05) is 26.8 Å². The van der Waals surface area contributed by atoms with Gasteiger partial charge in [0.15, 0.2) is 5.01 Å². The van der Waals surface area contributed by atoms with Gasteiger partial charge >= 0.3 is 6.09 Å². The van der Waals surface area contributed by atoms with Crippen LogP contribution in [-0.2, 0) is 10.2 Å². The Hall–Kier alpha value is -1.93. The van der Waals surface area contributed by atoms with Crippen molar-refractivity contribution < 1.29 is 9.53 Å². The molecule has 0 radical (unpaired) electrons. The fraction of sp³-hybridized carbons (Fsp3) is 0.667. The zero-order valence-electron chi connectivity index (χ0n) is 20.3. The molecule has 2 aromatic heterocycles. The molecule has 0 bridgehead atoms. The monoisotopic (exact) mass is 493 g/mol. The summed E-state index contributed by atoms with van der Waals surface area (Å²) in [6.07, 6.45) is 9.09. The number of anilines is 1. The van der Waals surface area contributed by atoms with Crippen LogP contribution in [0.3, 0.4) is 0 Å². The minimum Gasteiger partial charge on any atom is -0.444 e. The highest BCUT2D eigenvalue weighted by Crippen LogP contribution is 2.45. The van der Waals surface area contributed by atoms with Gasteiger partial charge in [-0.05, 0) is 66.4 Å². The fourth-order valence-corrected chi connectivity index (χ4v) is 5.61. The molecule has 1 saturated carbocycles. The van der Waals surface area contributed by atoms with E-state index < -0.39 is 5.60 Å². The van der Waals surface area contributed by atoms with Crippen molar-refractivity contribution in [3.63, 3.8) is 0 Å². The van der Waals surface area contributed by atoms with E-state index in [9.17, 15) is 4.79 Å². The quantitative estimate of drug-likeness (QED) is 0.319. The summed E-state index contributed by atoms with van der Waals surface area (Å²) < 4.78 is 5.35. The van der Waals surface area contributed by atoms with Gasteiger partial charge in [-0.2, -0.15) is 0 Å². The standard InChI is InChI=1S/C24H36ClN5O2S/c1-16(2)28-18-14-19(25)27-15-17(18)20-29-30-21(33-20)24(10-7-6-8-11-24)12-9-13-26-22(31)32-23(3,4)5/h14-16H,6-13H2,1-5H3,(H,26,31)(H,27,28). The van der Waals surface area contributed by atoms with Gasteiger partial charge in [0, 0.05) is 29.9 Å². The summed E-state index contributed by atoms with van der Waals surface area (Å²) in [5.74, 6) is 0. The number of carbonyl (C=O) groups is 1. The van der Waals surface area contributed by atoms with Gasteiger partial charge in [0.1, 0.15) is 15.8 Å². The number of rotatable bonds is 8. The molecule has 0 aromatic carbocycles. The number of carbonyl (C=O) groups excluding carboxylic acids is 1. The molecular weight excluding hydrogens is 458 g/mol. The van der Waals surface area contributed by atoms with Crippen LogP contribution < -0.4 is 10.6 Å². The van der Waals surface area contributed by atoms with E-state index in [4.69, 9.17) is 16.3 Å². The van der Waals surface area contributed by atoms with Gasteiger partial charge in [-0.1, -0.05) is 42.2 Å². The van der Waals surface area contributed by atoms with E-state index in [-0.39, 0.29) is 17.6 Å². The minimum atomic E-state index is -0.489. The van der Waals surface area contributed by atoms with E-state index in [1.165, 1.54) is 19.3 Å². The predicted octanol–water partition coefficient (Wildman–Crippen LogP) is 6.58. The number of nitrogens with zero attached hydrogens (tertiary/aromatic N) is 3.